The molecule has 2 N–H and O–H groups in total. The lowest BCUT2D eigenvalue weighted by atomic mass is 10.1. The van der Waals surface area contributed by atoms with Gasteiger partial charge in [0.05, 0.1) is 0 Å². The molecular weight excluding hydrogens is 332 g/mol. The normalized spacial score (nSPS) is 16.5. The van der Waals surface area contributed by atoms with Crippen molar-refractivity contribution in [3.8, 4) is 11.5 Å². The molecule has 5 heteroatoms. The maximum absolute atomic E-state index is 11.9. The first-order valence-corrected chi connectivity index (χ1v) is 7.58. The van der Waals surface area contributed by atoms with Gasteiger partial charge in [0.2, 0.25) is 5.91 Å². The lowest BCUT2D eigenvalue weighted by Crippen LogP contribution is -2.27. The molecule has 108 valence electrons. The van der Waals surface area contributed by atoms with Gasteiger partial charge >= 0.3 is 0 Å². The topological polar surface area (TPSA) is 50.4 Å². The van der Waals surface area contributed by atoms with Crippen molar-refractivity contribution < 1.29 is 9.53 Å². The highest BCUT2D eigenvalue weighted by molar-refractivity contribution is 9.10. The van der Waals surface area contributed by atoms with Gasteiger partial charge < -0.3 is 15.4 Å². The largest absolute Gasteiger partial charge is 0.457 e. The molecule has 1 atom stereocenters. The number of hydrogen-bond donors (Lipinski definition) is 2. The Morgan fingerprint density at radius 3 is 2.62 bits per heavy atom. The Balaban J connectivity index is 1.82. The predicted molar refractivity (Wildman–Crippen MR) is 85.7 cm³/mol. The third kappa shape index (κ3) is 2.94. The minimum absolute atomic E-state index is 0.0207. The van der Waals surface area contributed by atoms with E-state index in [9.17, 15) is 4.79 Å². The highest BCUT2D eigenvalue weighted by atomic mass is 79.9. The van der Waals surface area contributed by atoms with E-state index in [1.165, 1.54) is 0 Å². The summed E-state index contributed by atoms with van der Waals surface area (Å²) in [5, 5.41) is 6.05. The zero-order chi connectivity index (χ0) is 14.8. The average molecular weight is 347 g/mol. The minimum atomic E-state index is -0.272. The Morgan fingerprint density at radius 1 is 1.19 bits per heavy atom. The Bertz CT molecular complexity index is 670. The fourth-order valence-corrected chi connectivity index (χ4v) is 2.61. The number of carbonyl (C=O) groups is 1. The molecule has 0 radical (unpaired) electrons. The highest BCUT2D eigenvalue weighted by Gasteiger charge is 2.29. The number of fused-ring (bicyclic) bond motifs is 1. The molecule has 1 amide bonds. The summed E-state index contributed by atoms with van der Waals surface area (Å²) in [6.07, 6.45) is 0. The van der Waals surface area contributed by atoms with Crippen LogP contribution in [0.3, 0.4) is 0 Å². The number of hydrogen-bond acceptors (Lipinski definition) is 3. The number of rotatable bonds is 4. The van der Waals surface area contributed by atoms with Gasteiger partial charge in [-0.1, -0.05) is 28.9 Å². The molecule has 0 spiro atoms. The average Bonchev–Trinajstić information content (AvgIpc) is 2.78. The first-order valence-electron chi connectivity index (χ1n) is 6.79. The molecule has 4 nitrogen and oxygen atoms in total. The molecule has 0 aromatic heterocycles. The van der Waals surface area contributed by atoms with E-state index in [0.717, 1.165) is 28.0 Å². The van der Waals surface area contributed by atoms with Gasteiger partial charge in [-0.15, -0.1) is 0 Å². The Hall–Kier alpha value is -1.85. The maximum Gasteiger partial charge on any atom is 0.246 e. The van der Waals surface area contributed by atoms with E-state index < -0.39 is 0 Å². The van der Waals surface area contributed by atoms with E-state index in [4.69, 9.17) is 4.74 Å². The third-order valence-corrected chi connectivity index (χ3v) is 3.84. The molecule has 0 saturated heterocycles. The SMILES string of the molecule is CCNC1C(=O)Nc2cc(Oc3ccc(Br)cc3)ccc21. The monoisotopic (exact) mass is 346 g/mol. The molecule has 21 heavy (non-hydrogen) atoms. The molecule has 1 aliphatic rings. The van der Waals surface area contributed by atoms with Crippen LogP contribution < -0.4 is 15.4 Å². The van der Waals surface area contributed by atoms with E-state index in [1.54, 1.807) is 0 Å². The van der Waals surface area contributed by atoms with E-state index in [1.807, 2.05) is 49.4 Å². The lowest BCUT2D eigenvalue weighted by molar-refractivity contribution is -0.117. The number of carbonyl (C=O) groups excluding carboxylic acids is 1. The van der Waals surface area contributed by atoms with Crippen LogP contribution in [-0.2, 0) is 4.79 Å². The van der Waals surface area contributed by atoms with Crippen LogP contribution in [0.15, 0.2) is 46.9 Å². The maximum atomic E-state index is 11.9. The van der Waals surface area contributed by atoms with Gasteiger partial charge in [0.15, 0.2) is 0 Å². The number of benzene rings is 2. The van der Waals surface area contributed by atoms with Gasteiger partial charge in [0.25, 0.3) is 0 Å². The Morgan fingerprint density at radius 2 is 1.90 bits per heavy atom. The second-order valence-electron chi connectivity index (χ2n) is 4.78. The summed E-state index contributed by atoms with van der Waals surface area (Å²) in [5.41, 5.74) is 1.77. The second kappa shape index (κ2) is 5.87. The summed E-state index contributed by atoms with van der Waals surface area (Å²) in [7, 11) is 0. The molecule has 0 bridgehead atoms. The van der Waals surface area contributed by atoms with Crippen LogP contribution in [0.4, 0.5) is 5.69 Å². The van der Waals surface area contributed by atoms with Crippen molar-refractivity contribution in [3.05, 3.63) is 52.5 Å². The van der Waals surface area contributed by atoms with E-state index in [2.05, 4.69) is 26.6 Å². The van der Waals surface area contributed by atoms with Gasteiger partial charge in [0.1, 0.15) is 17.5 Å². The van der Waals surface area contributed by atoms with Gasteiger partial charge in [-0.3, -0.25) is 4.79 Å². The first kappa shape index (κ1) is 14.1. The molecule has 1 aliphatic heterocycles. The van der Waals surface area contributed by atoms with Crippen molar-refractivity contribution in [2.75, 3.05) is 11.9 Å². The van der Waals surface area contributed by atoms with E-state index >= 15 is 0 Å². The predicted octanol–water partition coefficient (Wildman–Crippen LogP) is 3.84. The van der Waals surface area contributed by atoms with Gasteiger partial charge in [-0.2, -0.15) is 0 Å². The molecule has 2 aromatic carbocycles. The fraction of sp³-hybridized carbons (Fsp3) is 0.188. The van der Waals surface area contributed by atoms with Gasteiger partial charge in [0, 0.05) is 21.8 Å². The summed E-state index contributed by atoms with van der Waals surface area (Å²) < 4.78 is 6.80. The molecule has 0 aliphatic carbocycles. The summed E-state index contributed by atoms with van der Waals surface area (Å²) in [6, 6.07) is 13.0. The highest BCUT2D eigenvalue weighted by Crippen LogP contribution is 2.35. The number of halogens is 1. The smallest absolute Gasteiger partial charge is 0.246 e. The molecule has 0 fully saturated rings. The summed E-state index contributed by atoms with van der Waals surface area (Å²) in [4.78, 5) is 11.9. The molecule has 3 rings (SSSR count). The van der Waals surface area contributed by atoms with Crippen LogP contribution in [0.25, 0.3) is 0 Å². The molecule has 1 unspecified atom stereocenters. The van der Waals surface area contributed by atoms with Crippen molar-refractivity contribution >= 4 is 27.5 Å². The summed E-state index contributed by atoms with van der Waals surface area (Å²) >= 11 is 3.39. The Labute approximate surface area is 131 Å². The molecule has 0 saturated carbocycles. The third-order valence-electron chi connectivity index (χ3n) is 3.31. The van der Waals surface area contributed by atoms with Crippen molar-refractivity contribution in [2.24, 2.45) is 0 Å². The lowest BCUT2D eigenvalue weighted by Gasteiger charge is -2.10. The van der Waals surface area contributed by atoms with E-state index in [-0.39, 0.29) is 11.9 Å². The van der Waals surface area contributed by atoms with Crippen LogP contribution in [-0.4, -0.2) is 12.5 Å². The van der Waals surface area contributed by atoms with Gasteiger partial charge in [-0.25, -0.2) is 0 Å². The molecular formula is C16H15BrN2O2. The number of ether oxygens (including phenoxy) is 1. The van der Waals surface area contributed by atoms with Gasteiger partial charge in [-0.05, 0) is 36.9 Å². The molecule has 1 heterocycles. The van der Waals surface area contributed by atoms with Crippen LogP contribution >= 0.6 is 15.9 Å². The van der Waals surface area contributed by atoms with E-state index in [0.29, 0.717) is 5.75 Å². The van der Waals surface area contributed by atoms with Crippen molar-refractivity contribution in [3.63, 3.8) is 0 Å². The molecule has 2 aromatic rings. The second-order valence-corrected chi connectivity index (χ2v) is 5.70. The summed E-state index contributed by atoms with van der Waals surface area (Å²) in [6.45, 7) is 2.73. The van der Waals surface area contributed by atoms with Crippen LogP contribution in [0, 0.1) is 0 Å². The van der Waals surface area contributed by atoms with Crippen LogP contribution in [0.5, 0.6) is 11.5 Å². The van der Waals surface area contributed by atoms with Crippen LogP contribution in [0.1, 0.15) is 18.5 Å². The number of amides is 1. The Kier molecular flexibility index (Phi) is 3.94. The zero-order valence-corrected chi connectivity index (χ0v) is 13.1. The van der Waals surface area contributed by atoms with Crippen molar-refractivity contribution in [1.82, 2.24) is 5.32 Å². The summed E-state index contributed by atoms with van der Waals surface area (Å²) in [5.74, 6) is 1.44. The van der Waals surface area contributed by atoms with Crippen molar-refractivity contribution in [2.45, 2.75) is 13.0 Å². The van der Waals surface area contributed by atoms with Crippen LogP contribution in [0.2, 0.25) is 0 Å². The standard InChI is InChI=1S/C16H15BrN2O2/c1-2-18-15-13-8-7-12(9-14(13)19-16(15)20)21-11-5-3-10(17)4-6-11/h3-9,15,18H,2H2,1H3,(H,19,20). The zero-order valence-electron chi connectivity index (χ0n) is 11.5. The first-order chi connectivity index (χ1) is 10.2. The minimum Gasteiger partial charge on any atom is -0.457 e. The number of likely N-dealkylation sites (N-methyl/N-ethyl adjacent to an activating group) is 1. The number of nitrogens with one attached hydrogen (secondary N) is 2. The quantitative estimate of drug-likeness (QED) is 0.884. The van der Waals surface area contributed by atoms with Crippen molar-refractivity contribution in [1.29, 1.82) is 0 Å². The fourth-order valence-electron chi connectivity index (χ4n) is 2.35. The number of anilines is 1.